The molecule has 0 spiro atoms. The molecule has 2 rings (SSSR count). The van der Waals surface area contributed by atoms with Gasteiger partial charge in [-0.3, -0.25) is 14.4 Å². The van der Waals surface area contributed by atoms with Crippen LogP contribution in [0.5, 0.6) is 0 Å². The van der Waals surface area contributed by atoms with Gasteiger partial charge in [0.15, 0.2) is 0 Å². The van der Waals surface area contributed by atoms with Crippen molar-refractivity contribution in [1.29, 1.82) is 0 Å². The maximum absolute atomic E-state index is 14.0. The number of amides is 4. The van der Waals surface area contributed by atoms with Crippen LogP contribution in [-0.2, 0) is 41.7 Å². The molecule has 0 aliphatic carbocycles. The van der Waals surface area contributed by atoms with Crippen molar-refractivity contribution in [2.75, 3.05) is 0 Å². The molecule has 252 valence electrons. The van der Waals surface area contributed by atoms with E-state index >= 15 is 0 Å². The Bertz CT molecular complexity index is 1380. The lowest BCUT2D eigenvalue weighted by Crippen LogP contribution is -2.69. The molecule has 0 aliphatic heterocycles. The highest BCUT2D eigenvalue weighted by atomic mass is 16.6. The highest BCUT2D eigenvalue weighted by molar-refractivity contribution is 5.99. The van der Waals surface area contributed by atoms with Gasteiger partial charge in [0.05, 0.1) is 0 Å². The standard InChI is InChI=1S/C35H50N4O7/c1-11-35(22-24-18-14-12-15-19-24,28(42)37-34(9,10)29(43)46-31(2,3)4)38-27(41)32(5,6)36-26(40)33(7,8)39-30(44)45-23-25-20-16-13-17-21-25/h12-21H,11,22-23H2,1-10H3,(H,36,40)(H,37,42)(H,38,41)(H,39,44)/t35-/m1/s1. The third-order valence-corrected chi connectivity index (χ3v) is 7.26. The van der Waals surface area contributed by atoms with Crippen molar-refractivity contribution < 1.29 is 33.4 Å². The zero-order valence-electron chi connectivity index (χ0n) is 28.8. The Morgan fingerprint density at radius 1 is 0.587 bits per heavy atom. The molecule has 0 aromatic heterocycles. The van der Waals surface area contributed by atoms with E-state index in [4.69, 9.17) is 9.47 Å². The van der Waals surface area contributed by atoms with Crippen molar-refractivity contribution in [3.05, 3.63) is 71.8 Å². The highest BCUT2D eigenvalue weighted by Gasteiger charge is 2.46. The predicted octanol–water partition coefficient (Wildman–Crippen LogP) is 4.33. The molecule has 0 radical (unpaired) electrons. The summed E-state index contributed by atoms with van der Waals surface area (Å²) in [6.45, 7) is 16.0. The van der Waals surface area contributed by atoms with E-state index in [1.165, 1.54) is 41.5 Å². The number of rotatable bonds is 13. The molecule has 4 N–H and O–H groups in total. The van der Waals surface area contributed by atoms with Crippen molar-refractivity contribution in [1.82, 2.24) is 21.3 Å². The second-order valence-corrected chi connectivity index (χ2v) is 14.0. The van der Waals surface area contributed by atoms with Crippen LogP contribution in [0.25, 0.3) is 0 Å². The van der Waals surface area contributed by atoms with Gasteiger partial charge in [0.25, 0.3) is 0 Å². The molecule has 11 nitrogen and oxygen atoms in total. The van der Waals surface area contributed by atoms with E-state index in [1.807, 2.05) is 48.5 Å². The van der Waals surface area contributed by atoms with Crippen LogP contribution in [0.1, 0.15) is 86.8 Å². The van der Waals surface area contributed by atoms with Crippen LogP contribution in [0.2, 0.25) is 0 Å². The summed E-state index contributed by atoms with van der Waals surface area (Å²) in [7, 11) is 0. The van der Waals surface area contributed by atoms with Crippen LogP contribution in [0.4, 0.5) is 4.79 Å². The number of benzene rings is 2. The summed E-state index contributed by atoms with van der Waals surface area (Å²) in [6.07, 6.45) is -0.534. The van der Waals surface area contributed by atoms with Gasteiger partial charge in [-0.05, 0) is 79.9 Å². The first-order chi connectivity index (χ1) is 21.1. The monoisotopic (exact) mass is 638 g/mol. The van der Waals surface area contributed by atoms with Crippen LogP contribution in [0, 0.1) is 0 Å². The summed E-state index contributed by atoms with van der Waals surface area (Å²) in [4.78, 5) is 66.7. The Hall–Kier alpha value is -4.41. The van der Waals surface area contributed by atoms with Crippen molar-refractivity contribution in [3.63, 3.8) is 0 Å². The number of carbonyl (C=O) groups is 5. The number of ether oxygens (including phenoxy) is 2. The van der Waals surface area contributed by atoms with Crippen LogP contribution in [0.3, 0.4) is 0 Å². The molecule has 0 heterocycles. The van der Waals surface area contributed by atoms with Crippen molar-refractivity contribution in [2.45, 2.75) is 116 Å². The number of nitrogens with one attached hydrogen (secondary N) is 4. The summed E-state index contributed by atoms with van der Waals surface area (Å²) in [5, 5.41) is 10.9. The van der Waals surface area contributed by atoms with Gasteiger partial charge in [-0.2, -0.15) is 0 Å². The molecular formula is C35H50N4O7. The van der Waals surface area contributed by atoms with Gasteiger partial charge in [-0.15, -0.1) is 0 Å². The van der Waals surface area contributed by atoms with E-state index in [1.54, 1.807) is 39.8 Å². The fourth-order valence-corrected chi connectivity index (χ4v) is 4.30. The minimum Gasteiger partial charge on any atom is -0.458 e. The second kappa shape index (κ2) is 14.8. The number of alkyl carbamates (subject to hydrolysis) is 1. The van der Waals surface area contributed by atoms with E-state index in [0.717, 1.165) is 11.1 Å². The SMILES string of the molecule is CC[C@](Cc1ccccc1)(NC(=O)C(C)(C)NC(=O)C(C)(C)NC(=O)OCc1ccccc1)C(=O)NC(C)(C)C(=O)OC(C)(C)C. The molecule has 0 unspecified atom stereocenters. The maximum Gasteiger partial charge on any atom is 0.408 e. The largest absolute Gasteiger partial charge is 0.458 e. The molecule has 11 heteroatoms. The summed E-state index contributed by atoms with van der Waals surface area (Å²) >= 11 is 0. The van der Waals surface area contributed by atoms with Gasteiger partial charge in [0.1, 0.15) is 34.4 Å². The van der Waals surface area contributed by atoms with Gasteiger partial charge in [-0.25, -0.2) is 9.59 Å². The van der Waals surface area contributed by atoms with Crippen LogP contribution >= 0.6 is 0 Å². The molecule has 0 aliphatic rings. The zero-order chi connectivity index (χ0) is 35.0. The lowest BCUT2D eigenvalue weighted by molar-refractivity contribution is -0.163. The van der Waals surface area contributed by atoms with E-state index in [2.05, 4.69) is 21.3 Å². The Balaban J connectivity index is 2.25. The molecule has 0 fully saturated rings. The normalized spacial score (nSPS) is 13.4. The molecule has 0 saturated carbocycles. The van der Waals surface area contributed by atoms with Crippen molar-refractivity contribution in [3.8, 4) is 0 Å². The Morgan fingerprint density at radius 3 is 1.54 bits per heavy atom. The van der Waals surface area contributed by atoms with Gasteiger partial charge in [0, 0.05) is 6.42 Å². The summed E-state index contributed by atoms with van der Waals surface area (Å²) in [5.41, 5.74) is -5.12. The first-order valence-corrected chi connectivity index (χ1v) is 15.4. The van der Waals surface area contributed by atoms with Gasteiger partial charge in [-0.1, -0.05) is 67.6 Å². The van der Waals surface area contributed by atoms with E-state index in [0.29, 0.717) is 0 Å². The van der Waals surface area contributed by atoms with E-state index in [-0.39, 0.29) is 19.4 Å². The van der Waals surface area contributed by atoms with Gasteiger partial charge >= 0.3 is 12.1 Å². The summed E-state index contributed by atoms with van der Waals surface area (Å²) in [5.74, 6) is -2.52. The summed E-state index contributed by atoms with van der Waals surface area (Å²) < 4.78 is 10.8. The first kappa shape index (κ1) is 37.8. The highest BCUT2D eigenvalue weighted by Crippen LogP contribution is 2.23. The Labute approximate surface area is 272 Å². The topological polar surface area (TPSA) is 152 Å². The Morgan fingerprint density at radius 2 is 1.04 bits per heavy atom. The van der Waals surface area contributed by atoms with E-state index in [9.17, 15) is 24.0 Å². The van der Waals surface area contributed by atoms with Gasteiger partial charge < -0.3 is 30.7 Å². The number of esters is 1. The number of carbonyl (C=O) groups excluding carboxylic acids is 5. The molecular weight excluding hydrogens is 588 g/mol. The lowest BCUT2D eigenvalue weighted by Gasteiger charge is -2.39. The minimum absolute atomic E-state index is 0.0194. The third-order valence-electron chi connectivity index (χ3n) is 7.26. The number of hydrogen-bond acceptors (Lipinski definition) is 7. The first-order valence-electron chi connectivity index (χ1n) is 15.4. The smallest absolute Gasteiger partial charge is 0.408 e. The third kappa shape index (κ3) is 10.9. The fraction of sp³-hybridized carbons (Fsp3) is 0.514. The maximum atomic E-state index is 14.0. The van der Waals surface area contributed by atoms with Crippen LogP contribution in [0.15, 0.2) is 60.7 Å². The molecule has 2 aromatic rings. The average Bonchev–Trinajstić information content (AvgIpc) is 2.95. The quantitative estimate of drug-likeness (QED) is 0.238. The average molecular weight is 639 g/mol. The molecule has 1 atom stereocenters. The second-order valence-electron chi connectivity index (χ2n) is 14.0. The van der Waals surface area contributed by atoms with E-state index < -0.39 is 57.5 Å². The molecule has 4 amide bonds. The number of hydrogen-bond donors (Lipinski definition) is 4. The minimum atomic E-state index is -1.53. The molecule has 0 saturated heterocycles. The zero-order valence-corrected chi connectivity index (χ0v) is 28.8. The molecule has 0 bridgehead atoms. The molecule has 46 heavy (non-hydrogen) atoms. The van der Waals surface area contributed by atoms with Crippen molar-refractivity contribution >= 4 is 29.8 Å². The fourth-order valence-electron chi connectivity index (χ4n) is 4.30. The molecule has 2 aromatic carbocycles. The predicted molar refractivity (Wildman–Crippen MR) is 175 cm³/mol. The van der Waals surface area contributed by atoms with Crippen LogP contribution < -0.4 is 21.3 Å². The Kier molecular flexibility index (Phi) is 12.1. The lowest BCUT2D eigenvalue weighted by atomic mass is 9.84. The van der Waals surface area contributed by atoms with Gasteiger partial charge in [0.2, 0.25) is 17.7 Å². The summed E-state index contributed by atoms with van der Waals surface area (Å²) in [6, 6.07) is 18.2. The van der Waals surface area contributed by atoms with Crippen molar-refractivity contribution in [2.24, 2.45) is 0 Å². The van der Waals surface area contributed by atoms with Crippen LogP contribution in [-0.4, -0.2) is 57.5 Å².